The standard InChI is InChI=1S/C22H16F3NO3/c1-13-2-4-14(5-3-13)15-6-8-16(9-7-15)22(28)29-12-19(27)26-18-11-10-17(23)20(24)21(18)25/h2-11H,12H2,1H3,(H,26,27). The van der Waals surface area contributed by atoms with E-state index in [-0.39, 0.29) is 5.56 Å². The summed E-state index contributed by atoms with van der Waals surface area (Å²) in [5.41, 5.74) is 2.71. The highest BCUT2D eigenvalue weighted by Gasteiger charge is 2.16. The zero-order chi connectivity index (χ0) is 21.0. The number of nitrogens with one attached hydrogen (secondary N) is 1. The van der Waals surface area contributed by atoms with Crippen LogP contribution in [-0.4, -0.2) is 18.5 Å². The molecule has 0 heterocycles. The summed E-state index contributed by atoms with van der Waals surface area (Å²) in [6.45, 7) is 1.27. The number of rotatable bonds is 5. The van der Waals surface area contributed by atoms with Crippen LogP contribution in [0.4, 0.5) is 18.9 Å². The first kappa shape index (κ1) is 20.1. The Balaban J connectivity index is 1.58. The second kappa shape index (κ2) is 8.60. The molecule has 0 spiro atoms. The third kappa shape index (κ3) is 4.82. The molecule has 148 valence electrons. The molecule has 0 aliphatic carbocycles. The molecule has 0 saturated heterocycles. The van der Waals surface area contributed by atoms with E-state index in [4.69, 9.17) is 4.74 Å². The highest BCUT2D eigenvalue weighted by atomic mass is 19.2. The van der Waals surface area contributed by atoms with Gasteiger partial charge in [0.2, 0.25) is 0 Å². The molecule has 1 N–H and O–H groups in total. The molecule has 3 rings (SSSR count). The summed E-state index contributed by atoms with van der Waals surface area (Å²) in [7, 11) is 0. The van der Waals surface area contributed by atoms with Crippen LogP contribution in [0, 0.1) is 24.4 Å². The maximum atomic E-state index is 13.5. The molecule has 0 aliphatic rings. The Morgan fingerprint density at radius 1 is 0.828 bits per heavy atom. The Kier molecular flexibility index (Phi) is 5.97. The molecule has 7 heteroatoms. The fourth-order valence-electron chi connectivity index (χ4n) is 2.57. The van der Waals surface area contributed by atoms with Gasteiger partial charge in [-0.3, -0.25) is 4.79 Å². The van der Waals surface area contributed by atoms with Crippen molar-refractivity contribution in [3.05, 3.63) is 89.2 Å². The number of halogens is 3. The van der Waals surface area contributed by atoms with Crippen LogP contribution >= 0.6 is 0 Å². The quantitative estimate of drug-likeness (QED) is 0.492. The summed E-state index contributed by atoms with van der Waals surface area (Å²) in [5.74, 6) is -6.24. The van der Waals surface area contributed by atoms with Crippen molar-refractivity contribution in [3.63, 3.8) is 0 Å². The predicted molar refractivity (Wildman–Crippen MR) is 102 cm³/mol. The smallest absolute Gasteiger partial charge is 0.338 e. The molecule has 0 radical (unpaired) electrons. The van der Waals surface area contributed by atoms with Crippen molar-refractivity contribution in [1.29, 1.82) is 0 Å². The van der Waals surface area contributed by atoms with Crippen LogP contribution in [0.2, 0.25) is 0 Å². The average molecular weight is 399 g/mol. The average Bonchev–Trinajstić information content (AvgIpc) is 2.73. The summed E-state index contributed by atoms with van der Waals surface area (Å²) in [6.07, 6.45) is 0. The minimum atomic E-state index is -1.70. The Bertz CT molecular complexity index is 1050. The Morgan fingerprint density at radius 2 is 1.41 bits per heavy atom. The van der Waals surface area contributed by atoms with Gasteiger partial charge in [0.25, 0.3) is 5.91 Å². The van der Waals surface area contributed by atoms with Gasteiger partial charge < -0.3 is 10.1 Å². The van der Waals surface area contributed by atoms with Crippen molar-refractivity contribution in [2.75, 3.05) is 11.9 Å². The number of amides is 1. The van der Waals surface area contributed by atoms with Crippen molar-refractivity contribution in [2.45, 2.75) is 6.92 Å². The number of aryl methyl sites for hydroxylation is 1. The van der Waals surface area contributed by atoms with Crippen molar-refractivity contribution in [2.24, 2.45) is 0 Å². The summed E-state index contributed by atoms with van der Waals surface area (Å²) < 4.78 is 44.5. The van der Waals surface area contributed by atoms with Gasteiger partial charge in [0.1, 0.15) is 0 Å². The number of benzene rings is 3. The minimum Gasteiger partial charge on any atom is -0.452 e. The van der Waals surface area contributed by atoms with Crippen LogP contribution in [0.5, 0.6) is 0 Å². The van der Waals surface area contributed by atoms with E-state index < -0.39 is 41.6 Å². The molecule has 3 aromatic rings. The third-order valence-electron chi connectivity index (χ3n) is 4.15. The van der Waals surface area contributed by atoms with Gasteiger partial charge in [-0.1, -0.05) is 42.0 Å². The van der Waals surface area contributed by atoms with Gasteiger partial charge in [-0.25, -0.2) is 18.0 Å². The lowest BCUT2D eigenvalue weighted by Gasteiger charge is -2.09. The molecule has 29 heavy (non-hydrogen) atoms. The normalized spacial score (nSPS) is 10.5. The van der Waals surface area contributed by atoms with E-state index in [1.807, 2.05) is 36.5 Å². The van der Waals surface area contributed by atoms with Crippen molar-refractivity contribution in [3.8, 4) is 11.1 Å². The fourth-order valence-corrected chi connectivity index (χ4v) is 2.57. The van der Waals surface area contributed by atoms with Gasteiger partial charge in [0.15, 0.2) is 24.1 Å². The zero-order valence-corrected chi connectivity index (χ0v) is 15.3. The van der Waals surface area contributed by atoms with E-state index in [2.05, 4.69) is 0 Å². The number of ether oxygens (including phenoxy) is 1. The van der Waals surface area contributed by atoms with Crippen molar-refractivity contribution in [1.82, 2.24) is 0 Å². The topological polar surface area (TPSA) is 55.4 Å². The Labute approximate surface area is 164 Å². The van der Waals surface area contributed by atoms with Crippen LogP contribution in [0.1, 0.15) is 15.9 Å². The van der Waals surface area contributed by atoms with Gasteiger partial charge >= 0.3 is 5.97 Å². The summed E-state index contributed by atoms with van der Waals surface area (Å²) in [5, 5.41) is 2.02. The summed E-state index contributed by atoms with van der Waals surface area (Å²) in [4.78, 5) is 23.9. The molecule has 1 amide bonds. The molecular weight excluding hydrogens is 383 g/mol. The van der Waals surface area contributed by atoms with Crippen LogP contribution in [0.3, 0.4) is 0 Å². The minimum absolute atomic E-state index is 0.229. The number of anilines is 1. The molecule has 0 atom stereocenters. The second-order valence-electron chi connectivity index (χ2n) is 6.29. The zero-order valence-electron chi connectivity index (χ0n) is 15.3. The maximum Gasteiger partial charge on any atom is 0.338 e. The number of hydrogen-bond donors (Lipinski definition) is 1. The van der Waals surface area contributed by atoms with E-state index in [0.717, 1.165) is 22.8 Å². The molecule has 0 aromatic heterocycles. The van der Waals surface area contributed by atoms with Crippen LogP contribution in [-0.2, 0) is 9.53 Å². The van der Waals surface area contributed by atoms with Gasteiger partial charge in [0, 0.05) is 0 Å². The molecular formula is C22H16F3NO3. The highest BCUT2D eigenvalue weighted by molar-refractivity contribution is 5.95. The third-order valence-corrected chi connectivity index (χ3v) is 4.15. The maximum absolute atomic E-state index is 13.5. The lowest BCUT2D eigenvalue weighted by atomic mass is 10.0. The van der Waals surface area contributed by atoms with Crippen LogP contribution in [0.25, 0.3) is 11.1 Å². The van der Waals surface area contributed by atoms with Crippen LogP contribution < -0.4 is 5.32 Å². The lowest BCUT2D eigenvalue weighted by molar-refractivity contribution is -0.119. The number of carbonyl (C=O) groups excluding carboxylic acids is 2. The molecule has 0 unspecified atom stereocenters. The SMILES string of the molecule is Cc1ccc(-c2ccc(C(=O)OCC(=O)Nc3ccc(F)c(F)c3F)cc2)cc1. The van der Waals surface area contributed by atoms with Crippen molar-refractivity contribution < 1.29 is 27.5 Å². The van der Waals surface area contributed by atoms with E-state index in [0.29, 0.717) is 6.07 Å². The first-order chi connectivity index (χ1) is 13.8. The molecule has 0 bridgehead atoms. The molecule has 0 saturated carbocycles. The van der Waals surface area contributed by atoms with E-state index in [1.165, 1.54) is 0 Å². The predicted octanol–water partition coefficient (Wildman–Crippen LogP) is 4.87. The van der Waals surface area contributed by atoms with Gasteiger partial charge in [-0.15, -0.1) is 0 Å². The fraction of sp³-hybridized carbons (Fsp3) is 0.0909. The molecule has 0 aliphatic heterocycles. The number of hydrogen-bond acceptors (Lipinski definition) is 3. The van der Waals surface area contributed by atoms with Gasteiger partial charge in [-0.2, -0.15) is 0 Å². The Morgan fingerprint density at radius 3 is 2.03 bits per heavy atom. The molecule has 4 nitrogen and oxygen atoms in total. The lowest BCUT2D eigenvalue weighted by Crippen LogP contribution is -2.21. The monoisotopic (exact) mass is 399 g/mol. The first-order valence-electron chi connectivity index (χ1n) is 8.62. The van der Waals surface area contributed by atoms with E-state index in [9.17, 15) is 22.8 Å². The summed E-state index contributed by atoms with van der Waals surface area (Å²) >= 11 is 0. The Hall–Kier alpha value is -3.61. The van der Waals surface area contributed by atoms with E-state index >= 15 is 0 Å². The first-order valence-corrected chi connectivity index (χ1v) is 8.62. The van der Waals surface area contributed by atoms with Crippen molar-refractivity contribution >= 4 is 17.6 Å². The number of carbonyl (C=O) groups is 2. The second-order valence-corrected chi connectivity index (χ2v) is 6.29. The highest BCUT2D eigenvalue weighted by Crippen LogP contribution is 2.21. The molecule has 3 aromatic carbocycles. The molecule has 0 fully saturated rings. The summed E-state index contributed by atoms with van der Waals surface area (Å²) in [6, 6.07) is 16.0. The largest absolute Gasteiger partial charge is 0.452 e. The van der Waals surface area contributed by atoms with Gasteiger partial charge in [-0.05, 0) is 42.3 Å². The van der Waals surface area contributed by atoms with Crippen LogP contribution in [0.15, 0.2) is 60.7 Å². The van der Waals surface area contributed by atoms with Gasteiger partial charge in [0.05, 0.1) is 11.3 Å². The van der Waals surface area contributed by atoms with E-state index in [1.54, 1.807) is 24.3 Å². The number of esters is 1.